The van der Waals surface area contributed by atoms with E-state index >= 15 is 0 Å². The van der Waals surface area contributed by atoms with Crippen LogP contribution >= 0.6 is 0 Å². The van der Waals surface area contributed by atoms with Crippen LogP contribution in [0, 0.1) is 0 Å². The highest BCUT2D eigenvalue weighted by molar-refractivity contribution is 5.96. The van der Waals surface area contributed by atoms with Crippen molar-refractivity contribution in [3.8, 4) is 0 Å². The highest BCUT2D eigenvalue weighted by atomic mass is 16.1. The molecule has 5 nitrogen and oxygen atoms in total. The molecule has 0 aliphatic rings. The summed E-state index contributed by atoms with van der Waals surface area (Å²) in [5.41, 5.74) is 3.14. The van der Waals surface area contributed by atoms with Crippen LogP contribution in [0.1, 0.15) is 42.4 Å². The zero-order valence-corrected chi connectivity index (χ0v) is 16.9. The van der Waals surface area contributed by atoms with Crippen molar-refractivity contribution in [1.29, 1.82) is 0 Å². The van der Waals surface area contributed by atoms with Crippen molar-refractivity contribution in [2.45, 2.75) is 39.2 Å². The highest BCUT2D eigenvalue weighted by Gasteiger charge is 2.14. The van der Waals surface area contributed by atoms with Gasteiger partial charge in [-0.05, 0) is 31.9 Å². The number of nitrogens with one attached hydrogen (secondary N) is 1. The van der Waals surface area contributed by atoms with E-state index in [-0.39, 0.29) is 18.2 Å². The van der Waals surface area contributed by atoms with Gasteiger partial charge in [0.1, 0.15) is 5.82 Å². The Labute approximate surface area is 171 Å². The largest absolute Gasteiger partial charge is 0.352 e. The fourth-order valence-corrected chi connectivity index (χ4v) is 3.29. The molecule has 1 amide bonds. The van der Waals surface area contributed by atoms with Gasteiger partial charge in [-0.2, -0.15) is 0 Å². The number of carbonyl (C=O) groups excluding carboxylic acids is 2. The lowest BCUT2D eigenvalue weighted by Crippen LogP contribution is -2.24. The molecule has 3 aromatic rings. The molecule has 1 heterocycles. The first-order chi connectivity index (χ1) is 14.1. The predicted octanol–water partition coefficient (Wildman–Crippen LogP) is 4.32. The number of aromatic nitrogens is 2. The molecule has 0 spiro atoms. The molecule has 5 heteroatoms. The fraction of sp³-hybridized carbons (Fsp3) is 0.292. The minimum atomic E-state index is -0.0915. The molecule has 0 atom stereocenters. The summed E-state index contributed by atoms with van der Waals surface area (Å²) < 4.78 is 2.04. The number of benzene rings is 2. The number of para-hydroxylation sites is 2. The van der Waals surface area contributed by atoms with Crippen molar-refractivity contribution < 1.29 is 9.59 Å². The Morgan fingerprint density at radius 3 is 2.48 bits per heavy atom. The van der Waals surface area contributed by atoms with Crippen molar-refractivity contribution in [1.82, 2.24) is 14.9 Å². The Hall–Kier alpha value is -3.21. The molecule has 150 valence electrons. The van der Waals surface area contributed by atoms with E-state index in [0.717, 1.165) is 42.5 Å². The number of hydrogen-bond donors (Lipinski definition) is 1. The second kappa shape index (κ2) is 9.82. The van der Waals surface area contributed by atoms with E-state index < -0.39 is 0 Å². The van der Waals surface area contributed by atoms with Gasteiger partial charge in [0, 0.05) is 24.1 Å². The summed E-state index contributed by atoms with van der Waals surface area (Å²) in [4.78, 5) is 29.0. The molecule has 2 aromatic carbocycles. The van der Waals surface area contributed by atoms with Gasteiger partial charge in [-0.3, -0.25) is 9.59 Å². The van der Waals surface area contributed by atoms with E-state index in [1.807, 2.05) is 59.2 Å². The number of carbonyl (C=O) groups is 2. The minimum absolute atomic E-state index is 0.0810. The molecule has 0 fully saturated rings. The summed E-state index contributed by atoms with van der Waals surface area (Å²) in [5.74, 6) is 0.921. The maximum absolute atomic E-state index is 12.7. The third-order valence-corrected chi connectivity index (χ3v) is 4.88. The van der Waals surface area contributed by atoms with Crippen molar-refractivity contribution in [2.24, 2.45) is 0 Å². The standard InChI is InChI=1S/C24H27N3O2/c1-18(2)24(29)25-16-10-4-7-15-23-26-20-13-8-9-14-21(20)27(23)17-22(28)19-11-5-3-6-12-19/h3,5-6,8-9,11-14H,1,4,7,10,15-17H2,2H3,(H,25,29). The molecule has 0 bridgehead atoms. The maximum Gasteiger partial charge on any atom is 0.246 e. The summed E-state index contributed by atoms with van der Waals surface area (Å²) in [7, 11) is 0. The highest BCUT2D eigenvalue weighted by Crippen LogP contribution is 2.19. The second-order valence-corrected chi connectivity index (χ2v) is 7.24. The van der Waals surface area contributed by atoms with Crippen LogP contribution in [-0.4, -0.2) is 27.8 Å². The van der Waals surface area contributed by atoms with Crippen LogP contribution in [-0.2, 0) is 17.8 Å². The van der Waals surface area contributed by atoms with E-state index in [1.54, 1.807) is 6.92 Å². The average Bonchev–Trinajstić information content (AvgIpc) is 3.08. The van der Waals surface area contributed by atoms with Gasteiger partial charge < -0.3 is 9.88 Å². The van der Waals surface area contributed by atoms with Crippen LogP contribution < -0.4 is 5.32 Å². The third-order valence-electron chi connectivity index (χ3n) is 4.88. The molecular formula is C24H27N3O2. The molecule has 0 aliphatic heterocycles. The number of fused-ring (bicyclic) bond motifs is 1. The summed E-state index contributed by atoms with van der Waals surface area (Å²) in [6.07, 6.45) is 3.63. The molecule has 0 radical (unpaired) electrons. The number of rotatable bonds is 10. The van der Waals surface area contributed by atoms with Gasteiger partial charge in [-0.1, -0.05) is 55.5 Å². The summed E-state index contributed by atoms with van der Waals surface area (Å²) in [6, 6.07) is 17.3. The lowest BCUT2D eigenvalue weighted by molar-refractivity contribution is -0.117. The van der Waals surface area contributed by atoms with Gasteiger partial charge in [-0.25, -0.2) is 4.98 Å². The quantitative estimate of drug-likeness (QED) is 0.319. The molecule has 1 aromatic heterocycles. The van der Waals surface area contributed by atoms with Crippen LogP contribution in [0.15, 0.2) is 66.7 Å². The summed E-state index contributed by atoms with van der Waals surface area (Å²) >= 11 is 0. The van der Waals surface area contributed by atoms with Gasteiger partial charge in [0.2, 0.25) is 5.91 Å². The molecule has 1 N–H and O–H groups in total. The van der Waals surface area contributed by atoms with Crippen LogP contribution in [0.2, 0.25) is 0 Å². The Morgan fingerprint density at radius 1 is 1.00 bits per heavy atom. The smallest absolute Gasteiger partial charge is 0.246 e. The van der Waals surface area contributed by atoms with Crippen molar-refractivity contribution >= 4 is 22.7 Å². The number of Topliss-reactive ketones (excluding diaryl/α,β-unsaturated/α-hetero) is 1. The van der Waals surface area contributed by atoms with Crippen molar-refractivity contribution in [3.63, 3.8) is 0 Å². The average molecular weight is 389 g/mol. The Bertz CT molecular complexity index is 1010. The summed E-state index contributed by atoms with van der Waals surface area (Å²) in [5, 5.41) is 2.85. The number of nitrogens with zero attached hydrogens (tertiary/aromatic N) is 2. The monoisotopic (exact) mass is 389 g/mol. The van der Waals surface area contributed by atoms with E-state index in [0.29, 0.717) is 17.7 Å². The van der Waals surface area contributed by atoms with Crippen molar-refractivity contribution in [2.75, 3.05) is 6.54 Å². The maximum atomic E-state index is 12.7. The predicted molar refractivity (Wildman–Crippen MR) is 116 cm³/mol. The minimum Gasteiger partial charge on any atom is -0.352 e. The molecule has 0 saturated heterocycles. The van der Waals surface area contributed by atoms with Gasteiger partial charge in [0.05, 0.1) is 17.6 Å². The van der Waals surface area contributed by atoms with Gasteiger partial charge >= 0.3 is 0 Å². The second-order valence-electron chi connectivity index (χ2n) is 7.24. The molecule has 3 rings (SSSR count). The number of imidazole rings is 1. The molecule has 29 heavy (non-hydrogen) atoms. The molecule has 0 aliphatic carbocycles. The van der Waals surface area contributed by atoms with E-state index in [4.69, 9.17) is 4.98 Å². The first kappa shape index (κ1) is 20.5. The van der Waals surface area contributed by atoms with E-state index in [2.05, 4.69) is 11.9 Å². The number of hydrogen-bond acceptors (Lipinski definition) is 3. The number of ketones is 1. The first-order valence-electron chi connectivity index (χ1n) is 10.0. The van der Waals surface area contributed by atoms with Gasteiger partial charge in [0.25, 0.3) is 0 Å². The molecular weight excluding hydrogens is 362 g/mol. The topological polar surface area (TPSA) is 64.0 Å². The van der Waals surface area contributed by atoms with Crippen LogP contribution in [0.3, 0.4) is 0 Å². The van der Waals surface area contributed by atoms with Crippen molar-refractivity contribution in [3.05, 3.63) is 78.1 Å². The van der Waals surface area contributed by atoms with Crippen LogP contribution in [0.5, 0.6) is 0 Å². The van der Waals surface area contributed by atoms with E-state index in [9.17, 15) is 9.59 Å². The van der Waals surface area contributed by atoms with E-state index in [1.165, 1.54) is 0 Å². The zero-order valence-electron chi connectivity index (χ0n) is 16.9. The normalized spacial score (nSPS) is 10.8. The molecule has 0 unspecified atom stereocenters. The lowest BCUT2D eigenvalue weighted by atomic mass is 10.1. The Balaban J connectivity index is 1.63. The number of unbranched alkanes of at least 4 members (excludes halogenated alkanes) is 2. The SMILES string of the molecule is C=C(C)C(=O)NCCCCCc1nc2ccccc2n1CC(=O)c1ccccc1. The number of amides is 1. The van der Waals surface area contributed by atoms with Gasteiger partial charge in [-0.15, -0.1) is 0 Å². The Kier molecular flexibility index (Phi) is 6.95. The lowest BCUT2D eigenvalue weighted by Gasteiger charge is -2.09. The fourth-order valence-electron chi connectivity index (χ4n) is 3.29. The first-order valence-corrected chi connectivity index (χ1v) is 10.0. The van der Waals surface area contributed by atoms with Crippen LogP contribution in [0.25, 0.3) is 11.0 Å². The number of aryl methyl sites for hydroxylation is 1. The Morgan fingerprint density at radius 2 is 1.72 bits per heavy atom. The van der Waals surface area contributed by atoms with Crippen LogP contribution in [0.4, 0.5) is 0 Å². The zero-order chi connectivity index (χ0) is 20.6. The molecule has 0 saturated carbocycles. The third kappa shape index (κ3) is 5.41. The summed E-state index contributed by atoms with van der Waals surface area (Å²) in [6.45, 7) is 6.27. The van der Waals surface area contributed by atoms with Gasteiger partial charge in [0.15, 0.2) is 5.78 Å².